The summed E-state index contributed by atoms with van der Waals surface area (Å²) in [6, 6.07) is 12.2. The molecule has 5 rings (SSSR count). The van der Waals surface area contributed by atoms with Crippen LogP contribution in [0.2, 0.25) is 0 Å². The third-order valence-electron chi connectivity index (χ3n) is 8.31. The van der Waals surface area contributed by atoms with E-state index in [2.05, 4.69) is 62.3 Å². The lowest BCUT2D eigenvalue weighted by Gasteiger charge is -2.18. The van der Waals surface area contributed by atoms with Gasteiger partial charge in [0.15, 0.2) is 0 Å². The largest absolute Gasteiger partial charge is 0.496 e. The fourth-order valence-electron chi connectivity index (χ4n) is 5.83. The summed E-state index contributed by atoms with van der Waals surface area (Å²) < 4.78 is 24.6. The number of aromatic nitrogens is 1. The quantitative estimate of drug-likeness (QED) is 0.293. The maximum Gasteiger partial charge on any atom is 0.228 e. The molecule has 1 aromatic heterocycles. The van der Waals surface area contributed by atoms with Crippen molar-refractivity contribution in [3.63, 3.8) is 0 Å². The highest BCUT2D eigenvalue weighted by Gasteiger charge is 2.37. The van der Waals surface area contributed by atoms with Crippen LogP contribution in [0.4, 0.5) is 4.39 Å². The first kappa shape index (κ1) is 33.5. The van der Waals surface area contributed by atoms with Crippen LogP contribution in [0.15, 0.2) is 42.5 Å². The van der Waals surface area contributed by atoms with Crippen LogP contribution in [0.3, 0.4) is 0 Å². The van der Waals surface area contributed by atoms with Crippen LogP contribution in [-0.4, -0.2) is 55.6 Å². The zero-order valence-electron chi connectivity index (χ0n) is 26.9. The molecule has 2 unspecified atom stereocenters. The molecule has 2 atom stereocenters. The number of ether oxygens (including phenoxy) is 2. The highest BCUT2D eigenvalue weighted by Crippen LogP contribution is 2.46. The highest BCUT2D eigenvalue weighted by molar-refractivity contribution is 5.86. The van der Waals surface area contributed by atoms with Crippen LogP contribution in [-0.2, 0) is 9.59 Å². The zero-order chi connectivity index (χ0) is 32.5. The molecule has 240 valence electrons. The number of pyridine rings is 1. The molecule has 0 bridgehead atoms. The van der Waals surface area contributed by atoms with Crippen molar-refractivity contribution < 1.29 is 23.5 Å². The number of amides is 2. The normalized spacial score (nSPS) is 16.6. The van der Waals surface area contributed by atoms with Gasteiger partial charge in [-0.05, 0) is 94.0 Å². The fourth-order valence-corrected chi connectivity index (χ4v) is 5.83. The standard InChI is InChI=1S/C20H20FN3O3.C16H25NO/c21-13-5-3-12(4-6-13)18-19-14(16(9-27-19)20(22)26)7-17(24-18)15(8-23-10-25)11-1-2-11;1-6-9-17(8-3)12-14-10-13(4)11-16(18-5)15(14)7-2/h3-7,10-11,15-16H,1-2,8-9H2,(H2,22,26)(H,23,25);7,10-12H,6,8-9H2,1-5H3/b;14-12-,15-7-. The number of hydrogen-bond acceptors (Lipinski definition) is 6. The Bertz CT molecular complexity index is 1600. The molecular weight excluding hydrogens is 571 g/mol. The summed E-state index contributed by atoms with van der Waals surface area (Å²) in [5.41, 5.74) is 9.57. The second-order valence-corrected chi connectivity index (χ2v) is 11.6. The smallest absolute Gasteiger partial charge is 0.228 e. The molecule has 2 aliphatic rings. The van der Waals surface area contributed by atoms with E-state index in [0.29, 0.717) is 41.4 Å². The maximum atomic E-state index is 13.4. The predicted molar refractivity (Wildman–Crippen MR) is 176 cm³/mol. The first-order valence-electron chi connectivity index (χ1n) is 15.7. The van der Waals surface area contributed by atoms with E-state index in [1.807, 2.05) is 6.07 Å². The van der Waals surface area contributed by atoms with E-state index in [4.69, 9.17) is 20.2 Å². The minimum Gasteiger partial charge on any atom is -0.496 e. The van der Waals surface area contributed by atoms with Gasteiger partial charge in [-0.1, -0.05) is 13.0 Å². The average Bonchev–Trinajstić information content (AvgIpc) is 3.78. The molecule has 0 spiro atoms. The van der Waals surface area contributed by atoms with Gasteiger partial charge in [0.25, 0.3) is 0 Å². The number of carbonyl (C=O) groups is 2. The van der Waals surface area contributed by atoms with Crippen molar-refractivity contribution in [2.45, 2.75) is 58.8 Å². The SMILES string of the molecule is C/C=c1\c(OC)cc(C)c\c1=C\N(CC)CCC.NC(=O)C1COc2c1cc(C(CNC=O)C1CC1)nc2-c1ccc(F)cc1. The molecule has 3 N–H and O–H groups in total. The van der Waals surface area contributed by atoms with E-state index in [1.54, 1.807) is 19.2 Å². The van der Waals surface area contributed by atoms with E-state index in [-0.39, 0.29) is 18.3 Å². The molecule has 0 radical (unpaired) electrons. The van der Waals surface area contributed by atoms with Crippen LogP contribution in [0.25, 0.3) is 23.5 Å². The van der Waals surface area contributed by atoms with Gasteiger partial charge < -0.3 is 25.4 Å². The molecule has 1 aliphatic carbocycles. The molecule has 0 saturated heterocycles. The Morgan fingerprint density at radius 3 is 2.53 bits per heavy atom. The molecular formula is C36H45FN4O4. The Morgan fingerprint density at radius 1 is 1.22 bits per heavy atom. The molecule has 1 fully saturated rings. The molecule has 45 heavy (non-hydrogen) atoms. The van der Waals surface area contributed by atoms with Gasteiger partial charge in [-0.15, -0.1) is 0 Å². The number of fused-ring (bicyclic) bond motifs is 1. The van der Waals surface area contributed by atoms with Crippen molar-refractivity contribution in [1.29, 1.82) is 0 Å². The van der Waals surface area contributed by atoms with Gasteiger partial charge >= 0.3 is 0 Å². The third-order valence-corrected chi connectivity index (χ3v) is 8.31. The van der Waals surface area contributed by atoms with Crippen molar-refractivity contribution in [3.05, 3.63) is 75.5 Å². The van der Waals surface area contributed by atoms with Crippen LogP contribution in [0.5, 0.6) is 11.5 Å². The summed E-state index contributed by atoms with van der Waals surface area (Å²) >= 11 is 0. The van der Waals surface area contributed by atoms with E-state index in [9.17, 15) is 14.0 Å². The molecule has 3 aromatic rings. The first-order valence-corrected chi connectivity index (χ1v) is 15.7. The Balaban J connectivity index is 0.000000224. The summed E-state index contributed by atoms with van der Waals surface area (Å²) in [5, 5.41) is 5.16. The predicted octanol–water partition coefficient (Wildman–Crippen LogP) is 4.36. The number of aryl methyl sites for hydroxylation is 1. The van der Waals surface area contributed by atoms with Crippen LogP contribution < -0.4 is 31.0 Å². The van der Waals surface area contributed by atoms with Crippen molar-refractivity contribution in [3.8, 4) is 22.8 Å². The summed E-state index contributed by atoms with van der Waals surface area (Å²) in [6.07, 6.45) is 8.35. The summed E-state index contributed by atoms with van der Waals surface area (Å²) in [6.45, 7) is 11.3. The summed E-state index contributed by atoms with van der Waals surface area (Å²) in [5.74, 6) is 0.633. The first-order chi connectivity index (χ1) is 21.7. The second-order valence-electron chi connectivity index (χ2n) is 11.6. The number of nitrogens with one attached hydrogen (secondary N) is 1. The van der Waals surface area contributed by atoms with Crippen LogP contribution in [0, 0.1) is 18.7 Å². The minimum atomic E-state index is -0.542. The van der Waals surface area contributed by atoms with Gasteiger partial charge in [0.2, 0.25) is 12.3 Å². The minimum absolute atomic E-state index is 0.0498. The van der Waals surface area contributed by atoms with Crippen LogP contribution >= 0.6 is 0 Å². The Morgan fingerprint density at radius 2 is 1.96 bits per heavy atom. The molecule has 8 nitrogen and oxygen atoms in total. The Labute approximate surface area is 265 Å². The highest BCUT2D eigenvalue weighted by atomic mass is 19.1. The van der Waals surface area contributed by atoms with Gasteiger partial charge in [0.1, 0.15) is 35.5 Å². The van der Waals surface area contributed by atoms with E-state index < -0.39 is 11.8 Å². The monoisotopic (exact) mass is 616 g/mol. The number of benzene rings is 2. The lowest BCUT2D eigenvalue weighted by molar-refractivity contribution is -0.119. The Kier molecular flexibility index (Phi) is 11.6. The molecule has 2 aromatic carbocycles. The molecule has 2 amide bonds. The average molecular weight is 617 g/mol. The number of methoxy groups -OCH3 is 1. The van der Waals surface area contributed by atoms with Crippen molar-refractivity contribution in [2.75, 3.05) is 33.4 Å². The van der Waals surface area contributed by atoms with Crippen molar-refractivity contribution in [2.24, 2.45) is 11.7 Å². The van der Waals surface area contributed by atoms with E-state index >= 15 is 0 Å². The summed E-state index contributed by atoms with van der Waals surface area (Å²) in [7, 11) is 1.73. The van der Waals surface area contributed by atoms with Gasteiger partial charge in [-0.25, -0.2) is 9.37 Å². The molecule has 9 heteroatoms. The number of nitrogens with two attached hydrogens (primary N) is 1. The number of halogens is 1. The number of primary amides is 1. The second kappa shape index (κ2) is 15.5. The van der Waals surface area contributed by atoms with Gasteiger partial charge in [-0.2, -0.15) is 0 Å². The molecule has 1 aliphatic heterocycles. The number of carbonyl (C=O) groups excluding carboxylic acids is 2. The fraction of sp³-hybridized carbons (Fsp3) is 0.417. The Hall–Kier alpha value is -4.40. The lowest BCUT2D eigenvalue weighted by atomic mass is 9.92. The molecule has 2 heterocycles. The number of nitrogens with zero attached hydrogens (tertiary/aromatic N) is 2. The van der Waals surface area contributed by atoms with E-state index in [0.717, 1.165) is 37.4 Å². The topological polar surface area (TPSA) is 107 Å². The number of hydrogen-bond donors (Lipinski definition) is 2. The summed E-state index contributed by atoms with van der Waals surface area (Å²) in [4.78, 5) is 29.8. The third kappa shape index (κ3) is 8.21. The number of rotatable bonds is 12. The lowest BCUT2D eigenvalue weighted by Crippen LogP contribution is -2.31. The van der Waals surface area contributed by atoms with E-state index in [1.165, 1.54) is 34.6 Å². The molecule has 1 saturated carbocycles. The van der Waals surface area contributed by atoms with Crippen molar-refractivity contribution >= 4 is 24.6 Å². The van der Waals surface area contributed by atoms with Gasteiger partial charge in [0, 0.05) is 59.0 Å². The zero-order valence-corrected chi connectivity index (χ0v) is 26.9. The van der Waals surface area contributed by atoms with Gasteiger partial charge in [-0.3, -0.25) is 9.59 Å². The van der Waals surface area contributed by atoms with Gasteiger partial charge in [0.05, 0.1) is 7.11 Å². The van der Waals surface area contributed by atoms with Crippen molar-refractivity contribution in [1.82, 2.24) is 15.2 Å². The van der Waals surface area contributed by atoms with Crippen LogP contribution in [0.1, 0.15) is 68.7 Å². The maximum absolute atomic E-state index is 13.4.